The summed E-state index contributed by atoms with van der Waals surface area (Å²) < 4.78 is 51.9. The summed E-state index contributed by atoms with van der Waals surface area (Å²) in [7, 11) is 1.24. The topological polar surface area (TPSA) is 128 Å². The second kappa shape index (κ2) is 22.7. The molecule has 0 spiro atoms. The molecule has 8 rings (SSSR count). The van der Waals surface area contributed by atoms with Crippen molar-refractivity contribution in [3.05, 3.63) is 223 Å². The summed E-state index contributed by atoms with van der Waals surface area (Å²) in [6.07, 6.45) is 11.7. The number of aromatic nitrogens is 6. The van der Waals surface area contributed by atoms with Gasteiger partial charge in [0.25, 0.3) is 11.1 Å². The molecule has 0 aliphatic carbocycles. The number of methoxy groups -OCH3 is 2. The Morgan fingerprint density at radius 1 is 0.603 bits per heavy atom. The van der Waals surface area contributed by atoms with E-state index in [1.54, 1.807) is 72.5 Å². The van der Waals surface area contributed by atoms with Crippen LogP contribution in [0, 0.1) is 25.5 Å². The average Bonchev–Trinajstić information content (AvgIpc) is 4.02. The lowest BCUT2D eigenvalue weighted by atomic mass is 10.0. The number of pyridine rings is 2. The van der Waals surface area contributed by atoms with Gasteiger partial charge in [-0.2, -0.15) is 0 Å². The van der Waals surface area contributed by atoms with Gasteiger partial charge in [-0.05, 0) is 140 Å². The van der Waals surface area contributed by atoms with Gasteiger partial charge >= 0.3 is 0 Å². The second-order valence-corrected chi connectivity index (χ2v) is 24.9. The molecule has 4 aromatic carbocycles. The quantitative estimate of drug-likeness (QED) is 0.0948. The molecule has 0 saturated heterocycles. The van der Waals surface area contributed by atoms with Crippen LogP contribution in [0.3, 0.4) is 0 Å². The first kappa shape index (κ1) is 53.6. The molecule has 12 nitrogen and oxygen atoms in total. The fourth-order valence-corrected chi connectivity index (χ4v) is 9.33. The van der Waals surface area contributed by atoms with Crippen LogP contribution in [0.2, 0.25) is 18.1 Å². The molecule has 4 aromatic heterocycles. The van der Waals surface area contributed by atoms with E-state index in [1.165, 1.54) is 24.3 Å². The SMILES string of the molecule is COc1cc(Cc2cc(CO)cn([C@@H](C)c3ccc(F)cc3)c2=O)ccc1-n1cnc(C)c1.COc1cc(Cc2cc(CO[Si](C)(C)C(C)(C)C)cn([C@@H](C)c3ccc(F)cc3)c2=O)ccc1-n1cnc(C)c1. The highest BCUT2D eigenvalue weighted by atomic mass is 28.4. The van der Waals surface area contributed by atoms with Crippen molar-refractivity contribution < 1.29 is 27.8 Å². The van der Waals surface area contributed by atoms with Gasteiger partial charge in [0.15, 0.2) is 8.32 Å². The van der Waals surface area contributed by atoms with Crippen LogP contribution in [0.15, 0.2) is 144 Å². The number of aliphatic hydroxyl groups is 1. The lowest BCUT2D eigenvalue weighted by Crippen LogP contribution is -2.40. The first-order chi connectivity index (χ1) is 34.7. The molecule has 0 amide bonds. The Morgan fingerprint density at radius 2 is 1.01 bits per heavy atom. The minimum Gasteiger partial charge on any atom is -0.495 e. The number of hydrogen-bond acceptors (Lipinski definition) is 8. The molecule has 0 aliphatic rings. The minimum absolute atomic E-state index is 0.0672. The molecule has 4 heterocycles. The summed E-state index contributed by atoms with van der Waals surface area (Å²) >= 11 is 0. The highest BCUT2D eigenvalue weighted by Gasteiger charge is 2.37. The molecule has 0 saturated carbocycles. The van der Waals surface area contributed by atoms with Gasteiger partial charge < -0.3 is 37.3 Å². The fraction of sp³-hybridized carbons (Fsp3) is 0.310. The number of imidazole rings is 2. The van der Waals surface area contributed by atoms with Gasteiger partial charge in [-0.3, -0.25) is 9.59 Å². The Balaban J connectivity index is 0.000000218. The van der Waals surface area contributed by atoms with Crippen LogP contribution in [0.5, 0.6) is 11.5 Å². The highest BCUT2D eigenvalue weighted by molar-refractivity contribution is 6.74. The maximum absolute atomic E-state index is 13.8. The van der Waals surface area contributed by atoms with Gasteiger partial charge in [-0.15, -0.1) is 0 Å². The average molecular weight is 1010 g/mol. The van der Waals surface area contributed by atoms with E-state index >= 15 is 0 Å². The second-order valence-electron chi connectivity index (χ2n) is 20.0. The number of aliphatic hydroxyl groups excluding tert-OH is 1. The van der Waals surface area contributed by atoms with Crippen LogP contribution in [-0.2, 0) is 30.5 Å². The van der Waals surface area contributed by atoms with Crippen molar-refractivity contribution in [1.82, 2.24) is 28.2 Å². The summed E-state index contributed by atoms with van der Waals surface area (Å²) in [6.45, 7) is 19.0. The summed E-state index contributed by atoms with van der Waals surface area (Å²) in [4.78, 5) is 35.7. The third-order valence-electron chi connectivity index (χ3n) is 13.7. The lowest BCUT2D eigenvalue weighted by molar-refractivity contribution is 0.275. The number of nitrogens with zero attached hydrogens (tertiary/aromatic N) is 6. The molecule has 1 N–H and O–H groups in total. The van der Waals surface area contributed by atoms with Crippen LogP contribution in [0.25, 0.3) is 11.4 Å². The molecule has 0 unspecified atom stereocenters. The fourth-order valence-electron chi connectivity index (χ4n) is 8.37. The van der Waals surface area contributed by atoms with Gasteiger partial charge in [0.2, 0.25) is 0 Å². The van der Waals surface area contributed by atoms with E-state index in [0.29, 0.717) is 47.6 Å². The monoisotopic (exact) mass is 1010 g/mol. The standard InChI is InChI=1S/C32H40FN3O3Si.C26H26FN3O3/c1-22-18-35(21-34-22)29-14-9-24(17-30(29)38-6)15-27-16-25(20-39-40(7,8)32(3,4)5)19-36(31(27)37)23(2)26-10-12-28(33)13-11-26;1-17-13-29(16-28-17)24-9-4-19(12-25(24)33-3)10-22-11-20(15-31)14-30(26(22)32)18(2)21-5-7-23(27)8-6-21/h9-14,16-19,21,23H,15,20H2,1-8H3;4-9,11-14,16,18,31H,10,15H2,1-3H3/t23-;18-/m00/s1. The number of ether oxygens (including phenoxy) is 2. The van der Waals surface area contributed by atoms with Crippen LogP contribution in [0.4, 0.5) is 8.78 Å². The van der Waals surface area contributed by atoms with E-state index in [9.17, 15) is 23.5 Å². The lowest BCUT2D eigenvalue weighted by Gasteiger charge is -2.36. The van der Waals surface area contributed by atoms with Crippen molar-refractivity contribution in [3.8, 4) is 22.9 Å². The largest absolute Gasteiger partial charge is 0.495 e. The molecule has 0 radical (unpaired) electrons. The predicted octanol–water partition coefficient (Wildman–Crippen LogP) is 11.4. The number of hydrogen-bond donors (Lipinski definition) is 1. The zero-order valence-electron chi connectivity index (χ0n) is 43.6. The predicted molar refractivity (Wildman–Crippen MR) is 285 cm³/mol. The van der Waals surface area contributed by atoms with Crippen LogP contribution in [0.1, 0.15) is 103 Å². The van der Waals surface area contributed by atoms with Gasteiger partial charge in [-0.1, -0.05) is 57.2 Å². The Morgan fingerprint density at radius 3 is 1.38 bits per heavy atom. The van der Waals surface area contributed by atoms with E-state index in [0.717, 1.165) is 50.6 Å². The number of benzene rings is 4. The molecule has 0 bridgehead atoms. The van der Waals surface area contributed by atoms with Crippen molar-refractivity contribution >= 4 is 8.32 Å². The minimum atomic E-state index is -2.01. The van der Waals surface area contributed by atoms with E-state index < -0.39 is 8.32 Å². The number of halogens is 2. The summed E-state index contributed by atoms with van der Waals surface area (Å²) in [5, 5.41) is 9.85. The van der Waals surface area contributed by atoms with Gasteiger partial charge in [0.1, 0.15) is 23.1 Å². The molecule has 0 aliphatic heterocycles. The molecule has 73 heavy (non-hydrogen) atoms. The molecule has 8 aromatic rings. The van der Waals surface area contributed by atoms with Crippen molar-refractivity contribution in [1.29, 1.82) is 0 Å². The third kappa shape index (κ3) is 12.7. The smallest absolute Gasteiger partial charge is 0.254 e. The Hall–Kier alpha value is -7.20. The van der Waals surface area contributed by atoms with Crippen molar-refractivity contribution in [2.75, 3.05) is 14.2 Å². The van der Waals surface area contributed by atoms with E-state index in [1.807, 2.05) is 97.9 Å². The molecule has 0 fully saturated rings. The third-order valence-corrected chi connectivity index (χ3v) is 18.2. The number of rotatable bonds is 16. The van der Waals surface area contributed by atoms with Crippen LogP contribution < -0.4 is 20.6 Å². The summed E-state index contributed by atoms with van der Waals surface area (Å²) in [5.74, 6) is 0.741. The van der Waals surface area contributed by atoms with E-state index in [4.69, 9.17) is 13.9 Å². The zero-order chi connectivity index (χ0) is 52.8. The molecular weight excluding hydrogens is 943 g/mol. The highest BCUT2D eigenvalue weighted by Crippen LogP contribution is 2.37. The van der Waals surface area contributed by atoms with Crippen molar-refractivity contribution in [2.24, 2.45) is 0 Å². The molecule has 2 atom stereocenters. The van der Waals surface area contributed by atoms with E-state index in [2.05, 4.69) is 43.8 Å². The zero-order valence-corrected chi connectivity index (χ0v) is 44.6. The Kier molecular flexibility index (Phi) is 16.7. The maximum Gasteiger partial charge on any atom is 0.254 e. The van der Waals surface area contributed by atoms with Crippen LogP contribution in [-0.4, -0.2) is 55.9 Å². The number of aryl methyl sites for hydroxylation is 2. The van der Waals surface area contributed by atoms with Crippen LogP contribution >= 0.6 is 0 Å². The van der Waals surface area contributed by atoms with E-state index in [-0.39, 0.29) is 46.5 Å². The summed E-state index contributed by atoms with van der Waals surface area (Å²) in [5.41, 5.74) is 9.64. The van der Waals surface area contributed by atoms with Gasteiger partial charge in [0, 0.05) is 48.8 Å². The normalized spacial score (nSPS) is 12.5. The first-order valence-electron chi connectivity index (χ1n) is 24.3. The van der Waals surface area contributed by atoms with Crippen molar-refractivity contribution in [2.45, 2.75) is 105 Å². The molecule has 382 valence electrons. The molecule has 15 heteroatoms. The van der Waals surface area contributed by atoms with Gasteiger partial charge in [0.05, 0.1) is 74.9 Å². The maximum atomic E-state index is 13.8. The Labute approximate surface area is 427 Å². The first-order valence-corrected chi connectivity index (χ1v) is 27.2. The summed E-state index contributed by atoms with van der Waals surface area (Å²) in [6, 6.07) is 27.3. The molecular formula is C58H66F2N6O6Si. The van der Waals surface area contributed by atoms with Gasteiger partial charge in [-0.25, -0.2) is 18.7 Å². The van der Waals surface area contributed by atoms with Crippen molar-refractivity contribution in [3.63, 3.8) is 0 Å². The Bertz CT molecular complexity index is 3300.